The van der Waals surface area contributed by atoms with Crippen molar-refractivity contribution >= 4 is 0 Å². The molecule has 4 heterocycles. The highest BCUT2D eigenvalue weighted by Gasteiger charge is 2.49. The van der Waals surface area contributed by atoms with E-state index in [0.29, 0.717) is 12.6 Å². The summed E-state index contributed by atoms with van der Waals surface area (Å²) in [6.07, 6.45) is 5.86. The second-order valence-electron chi connectivity index (χ2n) is 8.25. The summed E-state index contributed by atoms with van der Waals surface area (Å²) in [5.41, 5.74) is 2.20. The fourth-order valence-electron chi connectivity index (χ4n) is 4.71. The predicted octanol–water partition coefficient (Wildman–Crippen LogP) is 2.96. The fraction of sp³-hybridized carbons (Fsp3) is 0.762. The summed E-state index contributed by atoms with van der Waals surface area (Å²) in [4.78, 5) is 7.11. The van der Waals surface area contributed by atoms with E-state index >= 15 is 0 Å². The number of ether oxygens (including phenoxy) is 3. The van der Waals surface area contributed by atoms with Crippen molar-refractivity contribution in [3.05, 3.63) is 29.6 Å². The van der Waals surface area contributed by atoms with E-state index in [9.17, 15) is 0 Å². The van der Waals surface area contributed by atoms with E-state index in [1.54, 1.807) is 0 Å². The first kappa shape index (κ1) is 18.4. The van der Waals surface area contributed by atoms with Gasteiger partial charge in [-0.2, -0.15) is 0 Å². The number of aromatic nitrogens is 1. The van der Waals surface area contributed by atoms with Crippen LogP contribution in [0.4, 0.5) is 0 Å². The number of likely N-dealkylation sites (tertiary alicyclic amines) is 1. The Labute approximate surface area is 157 Å². The third-order valence-electron chi connectivity index (χ3n) is 6.15. The summed E-state index contributed by atoms with van der Waals surface area (Å²) >= 11 is 0. The first-order valence-electron chi connectivity index (χ1n) is 10.2. The molecule has 0 radical (unpaired) electrons. The molecule has 4 rings (SSSR count). The minimum Gasteiger partial charge on any atom is -0.381 e. The van der Waals surface area contributed by atoms with Gasteiger partial charge in [0.25, 0.3) is 0 Å². The van der Waals surface area contributed by atoms with Crippen molar-refractivity contribution in [3.63, 3.8) is 0 Å². The molecule has 144 valence electrons. The van der Waals surface area contributed by atoms with Gasteiger partial charge >= 0.3 is 0 Å². The van der Waals surface area contributed by atoms with E-state index in [0.717, 1.165) is 63.2 Å². The Morgan fingerprint density at radius 1 is 1.19 bits per heavy atom. The topological polar surface area (TPSA) is 43.8 Å². The van der Waals surface area contributed by atoms with Crippen LogP contribution >= 0.6 is 0 Å². The van der Waals surface area contributed by atoms with Gasteiger partial charge in [0.2, 0.25) is 0 Å². The van der Waals surface area contributed by atoms with Gasteiger partial charge in [0.15, 0.2) is 0 Å². The molecular formula is C21H32N2O3. The number of hydrogen-bond acceptors (Lipinski definition) is 5. The van der Waals surface area contributed by atoms with Crippen LogP contribution < -0.4 is 0 Å². The van der Waals surface area contributed by atoms with Gasteiger partial charge in [0.05, 0.1) is 17.9 Å². The maximum absolute atomic E-state index is 6.22. The molecule has 5 heteroatoms. The average molecular weight is 360 g/mol. The largest absolute Gasteiger partial charge is 0.381 e. The standard InChI is InChI=1S/C21H32N2O3/c1-17-3-2-4-19(22-17)14-25-9-5-18-6-12-26-21(13-18)15-23(16-21)20-7-10-24-11-8-20/h2-4,18,20H,5-16H2,1H3/t18-/m1/s1. The molecule has 5 nitrogen and oxygen atoms in total. The Morgan fingerprint density at radius 2 is 2.04 bits per heavy atom. The van der Waals surface area contributed by atoms with Gasteiger partial charge in [-0.1, -0.05) is 6.07 Å². The van der Waals surface area contributed by atoms with Crippen LogP contribution in [-0.4, -0.2) is 61.0 Å². The van der Waals surface area contributed by atoms with Crippen molar-refractivity contribution in [3.8, 4) is 0 Å². The molecule has 3 aliphatic rings. The SMILES string of the molecule is Cc1cccc(COCC[C@@H]2CCOC3(C2)CN(C2CCOCC2)C3)n1. The van der Waals surface area contributed by atoms with Gasteiger partial charge in [-0.3, -0.25) is 9.88 Å². The Bertz CT molecular complexity index is 582. The first-order valence-corrected chi connectivity index (χ1v) is 10.2. The van der Waals surface area contributed by atoms with Gasteiger partial charge in [-0.15, -0.1) is 0 Å². The molecule has 0 bridgehead atoms. The fourth-order valence-corrected chi connectivity index (χ4v) is 4.71. The lowest BCUT2D eigenvalue weighted by Gasteiger charge is -2.56. The normalized spacial score (nSPS) is 26.7. The Balaban J connectivity index is 1.17. The van der Waals surface area contributed by atoms with Crippen LogP contribution in [0.3, 0.4) is 0 Å². The van der Waals surface area contributed by atoms with Gasteiger partial charge in [0, 0.05) is 51.3 Å². The molecule has 1 atom stereocenters. The molecule has 0 aromatic carbocycles. The number of pyridine rings is 1. The smallest absolute Gasteiger partial charge is 0.0937 e. The van der Waals surface area contributed by atoms with Gasteiger partial charge in [-0.25, -0.2) is 0 Å². The number of aryl methyl sites for hydroxylation is 1. The third kappa shape index (κ3) is 4.45. The van der Waals surface area contributed by atoms with E-state index in [1.807, 2.05) is 25.1 Å². The number of rotatable bonds is 6. The van der Waals surface area contributed by atoms with E-state index in [-0.39, 0.29) is 5.60 Å². The van der Waals surface area contributed by atoms with Crippen molar-refractivity contribution in [1.82, 2.24) is 9.88 Å². The highest BCUT2D eigenvalue weighted by Crippen LogP contribution is 2.40. The van der Waals surface area contributed by atoms with E-state index in [1.165, 1.54) is 25.7 Å². The van der Waals surface area contributed by atoms with Crippen molar-refractivity contribution in [2.45, 2.75) is 57.3 Å². The summed E-state index contributed by atoms with van der Waals surface area (Å²) in [5.74, 6) is 0.728. The highest BCUT2D eigenvalue weighted by molar-refractivity contribution is 5.09. The summed E-state index contributed by atoms with van der Waals surface area (Å²) in [6, 6.07) is 6.82. The summed E-state index contributed by atoms with van der Waals surface area (Å²) in [5, 5.41) is 0. The molecule has 0 aliphatic carbocycles. The summed E-state index contributed by atoms with van der Waals surface area (Å²) < 4.78 is 17.6. The molecule has 3 saturated heterocycles. The Kier molecular flexibility index (Phi) is 5.89. The van der Waals surface area contributed by atoms with Crippen LogP contribution in [0, 0.1) is 12.8 Å². The molecule has 3 aliphatic heterocycles. The molecule has 26 heavy (non-hydrogen) atoms. The average Bonchev–Trinajstić information content (AvgIpc) is 2.64. The van der Waals surface area contributed by atoms with E-state index in [4.69, 9.17) is 14.2 Å². The lowest BCUT2D eigenvalue weighted by Crippen LogP contribution is -2.68. The van der Waals surface area contributed by atoms with Crippen LogP contribution in [0.2, 0.25) is 0 Å². The van der Waals surface area contributed by atoms with Gasteiger partial charge < -0.3 is 14.2 Å². The van der Waals surface area contributed by atoms with Gasteiger partial charge in [0.1, 0.15) is 0 Å². The number of nitrogens with zero attached hydrogens (tertiary/aromatic N) is 2. The van der Waals surface area contributed by atoms with E-state index in [2.05, 4.69) is 9.88 Å². The van der Waals surface area contributed by atoms with Crippen LogP contribution in [0.15, 0.2) is 18.2 Å². The highest BCUT2D eigenvalue weighted by atomic mass is 16.5. The Hall–Kier alpha value is -1.01. The minimum atomic E-state index is 0.124. The zero-order valence-electron chi connectivity index (χ0n) is 16.0. The molecule has 0 amide bonds. The van der Waals surface area contributed by atoms with Crippen molar-refractivity contribution in [2.75, 3.05) is 39.5 Å². The molecule has 1 spiro atoms. The quantitative estimate of drug-likeness (QED) is 0.730. The Morgan fingerprint density at radius 3 is 2.85 bits per heavy atom. The molecule has 1 aromatic rings. The molecule has 1 aromatic heterocycles. The van der Waals surface area contributed by atoms with Crippen LogP contribution in [0.1, 0.15) is 43.5 Å². The van der Waals surface area contributed by atoms with Gasteiger partial charge in [-0.05, 0) is 57.1 Å². The third-order valence-corrected chi connectivity index (χ3v) is 6.15. The molecule has 3 fully saturated rings. The second kappa shape index (κ2) is 8.34. The van der Waals surface area contributed by atoms with Crippen LogP contribution in [-0.2, 0) is 20.8 Å². The zero-order chi connectivity index (χ0) is 17.8. The lowest BCUT2D eigenvalue weighted by molar-refractivity contribution is -0.195. The predicted molar refractivity (Wildman–Crippen MR) is 100 cm³/mol. The van der Waals surface area contributed by atoms with Crippen LogP contribution in [0.5, 0.6) is 0 Å². The monoisotopic (exact) mass is 360 g/mol. The molecule has 0 N–H and O–H groups in total. The molecular weight excluding hydrogens is 328 g/mol. The van der Waals surface area contributed by atoms with Crippen molar-refractivity contribution in [2.24, 2.45) is 5.92 Å². The molecule has 0 saturated carbocycles. The first-order chi connectivity index (χ1) is 12.7. The van der Waals surface area contributed by atoms with E-state index < -0.39 is 0 Å². The van der Waals surface area contributed by atoms with Crippen molar-refractivity contribution < 1.29 is 14.2 Å². The zero-order valence-corrected chi connectivity index (χ0v) is 16.0. The second-order valence-corrected chi connectivity index (χ2v) is 8.25. The molecule has 0 unspecified atom stereocenters. The summed E-state index contributed by atoms with van der Waals surface area (Å²) in [6.45, 7) is 8.44. The lowest BCUT2D eigenvalue weighted by atomic mass is 9.78. The van der Waals surface area contributed by atoms with Crippen molar-refractivity contribution in [1.29, 1.82) is 0 Å². The maximum Gasteiger partial charge on any atom is 0.0937 e. The summed E-state index contributed by atoms with van der Waals surface area (Å²) in [7, 11) is 0. The number of hydrogen-bond donors (Lipinski definition) is 0. The minimum absolute atomic E-state index is 0.124. The maximum atomic E-state index is 6.22. The van der Waals surface area contributed by atoms with Crippen LogP contribution in [0.25, 0.3) is 0 Å².